The van der Waals surface area contributed by atoms with Crippen molar-refractivity contribution in [1.29, 1.82) is 0 Å². The number of methoxy groups -OCH3 is 1. The molecule has 0 saturated heterocycles. The molecule has 0 saturated carbocycles. The van der Waals surface area contributed by atoms with Crippen molar-refractivity contribution < 1.29 is 23.5 Å². The van der Waals surface area contributed by atoms with Gasteiger partial charge in [-0.05, 0) is 50.2 Å². The first-order valence-corrected chi connectivity index (χ1v) is 11.3. The van der Waals surface area contributed by atoms with E-state index in [-0.39, 0.29) is 24.0 Å². The maximum Gasteiger partial charge on any atom is 0.323 e. The van der Waals surface area contributed by atoms with E-state index < -0.39 is 11.8 Å². The lowest BCUT2D eigenvalue weighted by Gasteiger charge is -2.34. The van der Waals surface area contributed by atoms with Crippen molar-refractivity contribution in [3.05, 3.63) is 53.8 Å². The van der Waals surface area contributed by atoms with E-state index in [9.17, 15) is 14.0 Å². The van der Waals surface area contributed by atoms with E-state index in [0.717, 1.165) is 6.54 Å². The van der Waals surface area contributed by atoms with Gasteiger partial charge in [0.15, 0.2) is 0 Å². The summed E-state index contributed by atoms with van der Waals surface area (Å²) in [5.41, 5.74) is 1.17. The highest BCUT2D eigenvalue weighted by molar-refractivity contribution is 6.01. The maximum absolute atomic E-state index is 13.4. The van der Waals surface area contributed by atoms with Gasteiger partial charge in [0.1, 0.15) is 18.2 Å². The van der Waals surface area contributed by atoms with Gasteiger partial charge in [-0.1, -0.05) is 13.0 Å². The number of hydrogen-bond acceptors (Lipinski definition) is 5. The lowest BCUT2D eigenvalue weighted by Crippen LogP contribution is -2.45. The summed E-state index contributed by atoms with van der Waals surface area (Å²) >= 11 is 0. The molecule has 0 fully saturated rings. The molecule has 34 heavy (non-hydrogen) atoms. The van der Waals surface area contributed by atoms with Gasteiger partial charge in [0.05, 0.1) is 11.7 Å². The minimum atomic E-state index is -0.535. The van der Waals surface area contributed by atoms with Gasteiger partial charge in [0.2, 0.25) is 0 Å². The average molecular weight is 473 g/mol. The third-order valence-electron chi connectivity index (χ3n) is 6.10. The number of nitrogens with one attached hydrogen (secondary N) is 2. The Balaban J connectivity index is 1.83. The van der Waals surface area contributed by atoms with Crippen LogP contribution in [0.15, 0.2) is 42.5 Å². The SMILES string of the molecule is CO[C@@H]1CN(C)C(=O)c2ccc(NC(=O)Nc3cccc(F)c3)cc2OC[C@H](C)N(C)C[C@H]1C. The number of benzene rings is 2. The second-order valence-electron chi connectivity index (χ2n) is 8.84. The highest BCUT2D eigenvalue weighted by atomic mass is 19.1. The monoisotopic (exact) mass is 472 g/mol. The predicted molar refractivity (Wildman–Crippen MR) is 130 cm³/mol. The number of halogens is 1. The number of hydrogen-bond donors (Lipinski definition) is 2. The Morgan fingerprint density at radius 1 is 1.09 bits per heavy atom. The first-order chi connectivity index (χ1) is 16.2. The molecule has 3 atom stereocenters. The third-order valence-corrected chi connectivity index (χ3v) is 6.10. The molecule has 0 aliphatic carbocycles. The van der Waals surface area contributed by atoms with Crippen LogP contribution >= 0.6 is 0 Å². The standard InChI is InChI=1S/C25H33FN4O4/c1-16-13-29(3)17(2)15-34-22-12-20(28-25(32)27-19-8-6-7-18(26)11-19)9-10-21(22)24(31)30(4)14-23(16)33-5/h6-12,16-17,23H,13-15H2,1-5H3,(H2,27,28,32)/t16-,17+,23-/m1/s1. The molecule has 2 aromatic carbocycles. The Morgan fingerprint density at radius 2 is 1.79 bits per heavy atom. The molecule has 0 spiro atoms. The highest BCUT2D eigenvalue weighted by Gasteiger charge is 2.27. The van der Waals surface area contributed by atoms with Gasteiger partial charge in [-0.2, -0.15) is 0 Å². The number of amides is 3. The summed E-state index contributed by atoms with van der Waals surface area (Å²) in [5.74, 6) is -0.0440. The average Bonchev–Trinajstić information content (AvgIpc) is 2.79. The molecular weight excluding hydrogens is 439 g/mol. The Hall–Kier alpha value is -3.17. The maximum atomic E-state index is 13.4. The van der Waals surface area contributed by atoms with Crippen molar-refractivity contribution in [2.75, 3.05) is 51.5 Å². The smallest absolute Gasteiger partial charge is 0.323 e. The molecule has 8 nitrogen and oxygen atoms in total. The van der Waals surface area contributed by atoms with Crippen LogP contribution in [0.1, 0.15) is 24.2 Å². The number of fused-ring (bicyclic) bond motifs is 1. The molecule has 184 valence electrons. The van der Waals surface area contributed by atoms with Gasteiger partial charge in [-0.15, -0.1) is 0 Å². The van der Waals surface area contributed by atoms with E-state index in [1.54, 1.807) is 43.3 Å². The van der Waals surface area contributed by atoms with E-state index in [2.05, 4.69) is 29.4 Å². The Labute approximate surface area is 200 Å². The fourth-order valence-electron chi connectivity index (χ4n) is 3.89. The Kier molecular flexibility index (Phi) is 8.46. The first-order valence-electron chi connectivity index (χ1n) is 11.3. The molecule has 1 heterocycles. The molecule has 0 bridgehead atoms. The summed E-state index contributed by atoms with van der Waals surface area (Å²) in [6.45, 7) is 5.77. The van der Waals surface area contributed by atoms with E-state index in [4.69, 9.17) is 9.47 Å². The van der Waals surface area contributed by atoms with Crippen molar-refractivity contribution in [2.24, 2.45) is 5.92 Å². The van der Waals surface area contributed by atoms with Crippen molar-refractivity contribution in [3.8, 4) is 5.75 Å². The van der Waals surface area contributed by atoms with Crippen LogP contribution in [0.25, 0.3) is 0 Å². The predicted octanol–water partition coefficient (Wildman–Crippen LogP) is 3.91. The molecule has 3 amide bonds. The summed E-state index contributed by atoms with van der Waals surface area (Å²) in [6.07, 6.45) is -0.111. The zero-order valence-electron chi connectivity index (χ0n) is 20.3. The van der Waals surface area contributed by atoms with Crippen molar-refractivity contribution in [3.63, 3.8) is 0 Å². The Morgan fingerprint density at radius 3 is 2.47 bits per heavy atom. The fourth-order valence-corrected chi connectivity index (χ4v) is 3.89. The summed E-state index contributed by atoms with van der Waals surface area (Å²) in [6, 6.07) is 10.1. The topological polar surface area (TPSA) is 83.1 Å². The second kappa shape index (κ2) is 11.3. The number of nitrogens with zero attached hydrogens (tertiary/aromatic N) is 2. The number of anilines is 2. The van der Waals surface area contributed by atoms with Gasteiger partial charge in [0, 0.05) is 50.7 Å². The first kappa shape index (κ1) is 25.5. The normalized spacial score (nSPS) is 22.1. The summed E-state index contributed by atoms with van der Waals surface area (Å²) in [7, 11) is 5.44. The van der Waals surface area contributed by atoms with Crippen molar-refractivity contribution in [2.45, 2.75) is 26.0 Å². The van der Waals surface area contributed by atoms with Gasteiger partial charge < -0.3 is 25.0 Å². The molecule has 2 N–H and O–H groups in total. The lowest BCUT2D eigenvalue weighted by molar-refractivity contribution is 0.0150. The van der Waals surface area contributed by atoms with E-state index in [1.807, 2.05) is 7.05 Å². The van der Waals surface area contributed by atoms with Crippen LogP contribution in [0, 0.1) is 11.7 Å². The summed E-state index contributed by atoms with van der Waals surface area (Å²) < 4.78 is 25.1. The van der Waals surface area contributed by atoms with Crippen LogP contribution in [0.4, 0.5) is 20.6 Å². The van der Waals surface area contributed by atoms with Gasteiger partial charge in [-0.25, -0.2) is 9.18 Å². The lowest BCUT2D eigenvalue weighted by atomic mass is 10.0. The summed E-state index contributed by atoms with van der Waals surface area (Å²) in [4.78, 5) is 29.4. The summed E-state index contributed by atoms with van der Waals surface area (Å²) in [5, 5.41) is 5.29. The van der Waals surface area contributed by atoms with E-state index in [0.29, 0.717) is 35.8 Å². The van der Waals surface area contributed by atoms with Crippen LogP contribution in [0.3, 0.4) is 0 Å². The van der Waals surface area contributed by atoms with Crippen LogP contribution in [-0.2, 0) is 4.74 Å². The number of carbonyl (C=O) groups excluding carboxylic acids is 2. The van der Waals surface area contributed by atoms with Crippen LogP contribution in [-0.4, -0.2) is 74.8 Å². The number of likely N-dealkylation sites (N-methyl/N-ethyl adjacent to an activating group) is 2. The van der Waals surface area contributed by atoms with Crippen LogP contribution in [0.2, 0.25) is 0 Å². The quantitative estimate of drug-likeness (QED) is 0.708. The number of carbonyl (C=O) groups is 2. The molecule has 3 rings (SSSR count). The number of urea groups is 1. The zero-order chi connectivity index (χ0) is 24.8. The molecule has 0 aromatic heterocycles. The van der Waals surface area contributed by atoms with E-state index in [1.165, 1.54) is 18.2 Å². The van der Waals surface area contributed by atoms with Gasteiger partial charge in [-0.3, -0.25) is 9.69 Å². The third kappa shape index (κ3) is 6.45. The molecule has 0 radical (unpaired) electrons. The van der Waals surface area contributed by atoms with Crippen molar-refractivity contribution in [1.82, 2.24) is 9.80 Å². The van der Waals surface area contributed by atoms with Gasteiger partial charge >= 0.3 is 6.03 Å². The second-order valence-corrected chi connectivity index (χ2v) is 8.84. The van der Waals surface area contributed by atoms with Crippen molar-refractivity contribution >= 4 is 23.3 Å². The fraction of sp³-hybridized carbons (Fsp3) is 0.440. The van der Waals surface area contributed by atoms with Gasteiger partial charge in [0.25, 0.3) is 5.91 Å². The number of rotatable bonds is 3. The molecule has 9 heteroatoms. The van der Waals surface area contributed by atoms with E-state index >= 15 is 0 Å². The number of ether oxygens (including phenoxy) is 2. The minimum absolute atomic E-state index is 0.0907. The molecular formula is C25H33FN4O4. The molecule has 1 aliphatic heterocycles. The largest absolute Gasteiger partial charge is 0.491 e. The molecule has 0 unspecified atom stereocenters. The minimum Gasteiger partial charge on any atom is -0.491 e. The highest BCUT2D eigenvalue weighted by Crippen LogP contribution is 2.27. The molecule has 2 aromatic rings. The Bertz CT molecular complexity index is 1020. The zero-order valence-corrected chi connectivity index (χ0v) is 20.3. The van der Waals surface area contributed by atoms with Crippen LogP contribution < -0.4 is 15.4 Å². The molecule has 1 aliphatic rings. The van der Waals surface area contributed by atoms with Crippen LogP contribution in [0.5, 0.6) is 5.75 Å².